The third-order valence-corrected chi connectivity index (χ3v) is 2.51. The minimum absolute atomic E-state index is 0.0456. The van der Waals surface area contributed by atoms with Crippen LogP contribution in [0.15, 0.2) is 21.5 Å². The number of rotatable bonds is 3. The number of furan rings is 1. The van der Waals surface area contributed by atoms with Crippen LogP contribution >= 0.6 is 0 Å². The largest absolute Gasteiger partial charge is 0.464 e. The number of aryl methyl sites for hydroxylation is 1. The summed E-state index contributed by atoms with van der Waals surface area (Å²) >= 11 is 0. The molecule has 1 fully saturated rings. The summed E-state index contributed by atoms with van der Waals surface area (Å²) < 4.78 is 5.48. The number of nitrogens with zero attached hydrogens (tertiary/aromatic N) is 1. The van der Waals surface area contributed by atoms with Crippen LogP contribution in [0.1, 0.15) is 37.3 Å². The Balaban J connectivity index is 2.07. The molecule has 76 valence electrons. The maximum atomic E-state index is 5.83. The quantitative estimate of drug-likeness (QED) is 0.590. The van der Waals surface area contributed by atoms with E-state index in [9.17, 15) is 0 Å². The summed E-state index contributed by atoms with van der Waals surface area (Å²) in [5.41, 5.74) is 5.83. The van der Waals surface area contributed by atoms with Gasteiger partial charge in [0, 0.05) is 5.92 Å². The Bertz CT molecular complexity index is 350. The van der Waals surface area contributed by atoms with E-state index in [1.807, 2.05) is 26.0 Å². The van der Waals surface area contributed by atoms with Crippen LogP contribution in [0.25, 0.3) is 0 Å². The molecule has 0 saturated heterocycles. The fraction of sp³-hybridized carbons (Fsp3) is 0.545. The Labute approximate surface area is 84.0 Å². The van der Waals surface area contributed by atoms with E-state index in [0.717, 1.165) is 17.4 Å². The van der Waals surface area contributed by atoms with Gasteiger partial charge in [0.05, 0.1) is 5.84 Å². The zero-order chi connectivity index (χ0) is 10.1. The van der Waals surface area contributed by atoms with Crippen LogP contribution < -0.4 is 5.73 Å². The molecule has 0 spiro atoms. The fourth-order valence-electron chi connectivity index (χ4n) is 1.45. The van der Waals surface area contributed by atoms with Crippen molar-refractivity contribution in [3.05, 3.63) is 23.7 Å². The van der Waals surface area contributed by atoms with Gasteiger partial charge in [-0.05, 0) is 38.8 Å². The lowest BCUT2D eigenvalue weighted by atomic mass is 10.2. The van der Waals surface area contributed by atoms with Crippen LogP contribution in [0.2, 0.25) is 0 Å². The molecular weight excluding hydrogens is 176 g/mol. The van der Waals surface area contributed by atoms with Gasteiger partial charge in [0.15, 0.2) is 0 Å². The first kappa shape index (κ1) is 9.31. The van der Waals surface area contributed by atoms with Gasteiger partial charge < -0.3 is 10.2 Å². The summed E-state index contributed by atoms with van der Waals surface area (Å²) in [6.45, 7) is 3.94. The molecule has 3 nitrogen and oxygen atoms in total. The van der Waals surface area contributed by atoms with Crippen molar-refractivity contribution in [2.75, 3.05) is 0 Å². The average molecular weight is 192 g/mol. The van der Waals surface area contributed by atoms with E-state index in [1.165, 1.54) is 12.8 Å². The van der Waals surface area contributed by atoms with E-state index in [1.54, 1.807) is 0 Å². The number of hydrogen-bond donors (Lipinski definition) is 1. The molecule has 1 aromatic rings. The highest BCUT2D eigenvalue weighted by Crippen LogP contribution is 2.30. The van der Waals surface area contributed by atoms with Gasteiger partial charge in [0.25, 0.3) is 0 Å². The predicted molar refractivity (Wildman–Crippen MR) is 56.2 cm³/mol. The Hall–Kier alpha value is -1.25. The van der Waals surface area contributed by atoms with Crippen LogP contribution in [0, 0.1) is 12.8 Å². The molecule has 1 aliphatic rings. The van der Waals surface area contributed by atoms with E-state index in [-0.39, 0.29) is 6.04 Å². The summed E-state index contributed by atoms with van der Waals surface area (Å²) in [5.74, 6) is 3.14. The maximum Gasteiger partial charge on any atom is 0.128 e. The smallest absolute Gasteiger partial charge is 0.128 e. The molecule has 1 heterocycles. The minimum atomic E-state index is 0.0456. The second-order valence-corrected chi connectivity index (χ2v) is 3.95. The van der Waals surface area contributed by atoms with Crippen molar-refractivity contribution in [2.24, 2.45) is 16.6 Å². The summed E-state index contributed by atoms with van der Waals surface area (Å²) in [5, 5.41) is 0. The van der Waals surface area contributed by atoms with Crippen LogP contribution in [-0.4, -0.2) is 5.84 Å². The molecule has 2 rings (SSSR count). The normalized spacial score (nSPS) is 19.7. The first-order valence-corrected chi connectivity index (χ1v) is 5.06. The maximum absolute atomic E-state index is 5.83. The van der Waals surface area contributed by atoms with Gasteiger partial charge in [-0.25, -0.2) is 0 Å². The molecule has 14 heavy (non-hydrogen) atoms. The van der Waals surface area contributed by atoms with Gasteiger partial charge in [-0.2, -0.15) is 0 Å². The van der Waals surface area contributed by atoms with Crippen LogP contribution in [0.5, 0.6) is 0 Å². The van der Waals surface area contributed by atoms with Crippen molar-refractivity contribution in [1.82, 2.24) is 0 Å². The second kappa shape index (κ2) is 3.48. The number of amidine groups is 1. The number of aliphatic imine (C=N–C) groups is 1. The first-order chi connectivity index (χ1) is 6.66. The van der Waals surface area contributed by atoms with Crippen molar-refractivity contribution >= 4 is 5.84 Å². The molecule has 3 heteroatoms. The molecule has 0 radical (unpaired) electrons. The van der Waals surface area contributed by atoms with Gasteiger partial charge in [-0.3, -0.25) is 4.99 Å². The van der Waals surface area contributed by atoms with Gasteiger partial charge in [-0.15, -0.1) is 0 Å². The summed E-state index contributed by atoms with van der Waals surface area (Å²) in [6.07, 6.45) is 2.39. The van der Waals surface area contributed by atoms with Gasteiger partial charge in [-0.1, -0.05) is 0 Å². The molecular formula is C11H16N2O. The third kappa shape index (κ3) is 1.97. The van der Waals surface area contributed by atoms with E-state index in [4.69, 9.17) is 10.2 Å². The highest BCUT2D eigenvalue weighted by molar-refractivity contribution is 5.85. The highest BCUT2D eigenvalue weighted by Gasteiger charge is 2.26. The zero-order valence-corrected chi connectivity index (χ0v) is 8.66. The van der Waals surface area contributed by atoms with Crippen molar-refractivity contribution < 1.29 is 4.42 Å². The third-order valence-electron chi connectivity index (χ3n) is 2.51. The van der Waals surface area contributed by atoms with Crippen molar-refractivity contribution in [3.8, 4) is 0 Å². The molecule has 2 N–H and O–H groups in total. The fourth-order valence-corrected chi connectivity index (χ4v) is 1.45. The van der Waals surface area contributed by atoms with E-state index in [0.29, 0.717) is 5.92 Å². The number of nitrogens with two attached hydrogens (primary N) is 1. The van der Waals surface area contributed by atoms with E-state index in [2.05, 4.69) is 4.99 Å². The Morgan fingerprint density at radius 1 is 1.57 bits per heavy atom. The lowest BCUT2D eigenvalue weighted by molar-refractivity contribution is 0.458. The Kier molecular flexibility index (Phi) is 2.32. The topological polar surface area (TPSA) is 51.5 Å². The molecule has 1 unspecified atom stereocenters. The standard InChI is InChI=1S/C11H16N2O/c1-7-3-6-10(14-7)8(2)13-11(12)9-4-5-9/h3,6,8-9H,4-5H2,1-2H3,(H2,12,13). The van der Waals surface area contributed by atoms with Gasteiger partial charge in [0.2, 0.25) is 0 Å². The lowest BCUT2D eigenvalue weighted by Gasteiger charge is -2.04. The first-order valence-electron chi connectivity index (χ1n) is 5.06. The minimum Gasteiger partial charge on any atom is -0.464 e. The van der Waals surface area contributed by atoms with Gasteiger partial charge in [0.1, 0.15) is 17.6 Å². The molecule has 1 aromatic heterocycles. The molecule has 0 amide bonds. The summed E-state index contributed by atoms with van der Waals surface area (Å²) in [7, 11) is 0. The van der Waals surface area contributed by atoms with E-state index >= 15 is 0 Å². The van der Waals surface area contributed by atoms with Crippen molar-refractivity contribution in [1.29, 1.82) is 0 Å². The lowest BCUT2D eigenvalue weighted by Crippen LogP contribution is -2.15. The predicted octanol–water partition coefficient (Wildman–Crippen LogP) is 2.42. The van der Waals surface area contributed by atoms with Crippen LogP contribution in [-0.2, 0) is 0 Å². The number of hydrogen-bond acceptors (Lipinski definition) is 2. The van der Waals surface area contributed by atoms with E-state index < -0.39 is 0 Å². The zero-order valence-electron chi connectivity index (χ0n) is 8.66. The monoisotopic (exact) mass is 192 g/mol. The Morgan fingerprint density at radius 3 is 2.79 bits per heavy atom. The average Bonchev–Trinajstić information content (AvgIpc) is 2.89. The van der Waals surface area contributed by atoms with Gasteiger partial charge >= 0.3 is 0 Å². The molecule has 0 bridgehead atoms. The second-order valence-electron chi connectivity index (χ2n) is 3.95. The SMILES string of the molecule is Cc1ccc(C(C)N=C(N)C2CC2)o1. The van der Waals surface area contributed by atoms with Crippen LogP contribution in [0.3, 0.4) is 0 Å². The van der Waals surface area contributed by atoms with Crippen molar-refractivity contribution in [3.63, 3.8) is 0 Å². The van der Waals surface area contributed by atoms with Crippen LogP contribution in [0.4, 0.5) is 0 Å². The summed E-state index contributed by atoms with van der Waals surface area (Å²) in [4.78, 5) is 4.42. The molecule has 1 atom stereocenters. The molecule has 1 saturated carbocycles. The van der Waals surface area contributed by atoms with Crippen molar-refractivity contribution in [2.45, 2.75) is 32.7 Å². The molecule has 1 aliphatic carbocycles. The highest BCUT2D eigenvalue weighted by atomic mass is 16.3. The Morgan fingerprint density at radius 2 is 2.29 bits per heavy atom. The molecule has 0 aliphatic heterocycles. The summed E-state index contributed by atoms with van der Waals surface area (Å²) in [6, 6.07) is 3.96. The molecule has 0 aromatic carbocycles.